The van der Waals surface area contributed by atoms with Crippen LogP contribution in [0.15, 0.2) is 0 Å². The molecule has 5 heteroatoms. The minimum atomic E-state index is -0.949. The Hall–Kier alpha value is 0.390. The summed E-state index contributed by atoms with van der Waals surface area (Å²) in [6, 6.07) is 0. The van der Waals surface area contributed by atoms with E-state index in [0.29, 0.717) is 13.0 Å². The van der Waals surface area contributed by atoms with Crippen molar-refractivity contribution in [1.29, 1.82) is 0 Å². The van der Waals surface area contributed by atoms with Crippen LogP contribution in [0.2, 0.25) is 0 Å². The van der Waals surface area contributed by atoms with Crippen LogP contribution >= 0.6 is 0 Å². The molecule has 0 bridgehead atoms. The number of hydrogen-bond acceptors (Lipinski definition) is 3. The third-order valence-electron chi connectivity index (χ3n) is 1.15. The summed E-state index contributed by atoms with van der Waals surface area (Å²) in [4.78, 5) is 19.1. The molecule has 4 nitrogen and oxygen atoms in total. The van der Waals surface area contributed by atoms with Crippen molar-refractivity contribution < 1.29 is 19.7 Å². The Labute approximate surface area is 80.7 Å². The predicted octanol–water partition coefficient (Wildman–Crippen LogP) is -0.467. The van der Waals surface area contributed by atoms with E-state index in [1.54, 1.807) is 0 Å². The second kappa shape index (κ2) is 5.09. The van der Waals surface area contributed by atoms with E-state index in [9.17, 15) is 4.79 Å². The second-order valence-corrected chi connectivity index (χ2v) is 1.89. The Kier molecular flexibility index (Phi) is 5.29. The third kappa shape index (κ3) is 2.98. The van der Waals surface area contributed by atoms with E-state index in [1.165, 1.54) is 0 Å². The van der Waals surface area contributed by atoms with Gasteiger partial charge in [0, 0.05) is 0 Å². The zero-order chi connectivity index (χ0) is 6.69. The third-order valence-corrected chi connectivity index (χ3v) is 1.15. The van der Waals surface area contributed by atoms with Gasteiger partial charge in [-0.25, -0.2) is 14.6 Å². The molecule has 1 saturated heterocycles. The molecule has 1 fully saturated rings. The fourth-order valence-electron chi connectivity index (χ4n) is 0.671. The predicted molar refractivity (Wildman–Crippen MR) is 34.8 cm³/mol. The number of carbonyl (C=O) groups is 1. The standard InChI is InChI=1S/C5H8O4.Na.H/c6-5(7)4-2-1-3-8-9-4;;/h4H,1-3H2,(H,6,7);;. The molecule has 1 unspecified atom stereocenters. The first-order chi connectivity index (χ1) is 4.30. The fraction of sp³-hybridized carbons (Fsp3) is 0.800. The van der Waals surface area contributed by atoms with Crippen molar-refractivity contribution >= 4 is 35.5 Å². The molecule has 0 spiro atoms. The maximum absolute atomic E-state index is 10.1. The molecule has 1 heterocycles. The van der Waals surface area contributed by atoms with Gasteiger partial charge in [-0.1, -0.05) is 0 Å². The average molecular weight is 156 g/mol. The molecule has 0 radical (unpaired) electrons. The van der Waals surface area contributed by atoms with Crippen LogP contribution in [0, 0.1) is 0 Å². The van der Waals surface area contributed by atoms with Gasteiger partial charge in [-0.15, -0.1) is 0 Å². The summed E-state index contributed by atoms with van der Waals surface area (Å²) >= 11 is 0. The normalized spacial score (nSPS) is 25.0. The van der Waals surface area contributed by atoms with Crippen molar-refractivity contribution in [2.24, 2.45) is 0 Å². The summed E-state index contributed by atoms with van der Waals surface area (Å²) in [6.07, 6.45) is 0.561. The quantitative estimate of drug-likeness (QED) is 0.412. The topological polar surface area (TPSA) is 55.8 Å². The van der Waals surface area contributed by atoms with Crippen molar-refractivity contribution in [2.45, 2.75) is 18.9 Å². The molecule has 0 aromatic rings. The first-order valence-electron chi connectivity index (χ1n) is 2.82. The van der Waals surface area contributed by atoms with Gasteiger partial charge in [0.1, 0.15) is 0 Å². The molecule has 54 valence electrons. The first-order valence-corrected chi connectivity index (χ1v) is 2.82. The van der Waals surface area contributed by atoms with Crippen molar-refractivity contribution in [1.82, 2.24) is 0 Å². The van der Waals surface area contributed by atoms with Gasteiger partial charge < -0.3 is 5.11 Å². The van der Waals surface area contributed by atoms with Gasteiger partial charge in [0.15, 0.2) is 6.10 Å². The van der Waals surface area contributed by atoms with Crippen molar-refractivity contribution in [3.63, 3.8) is 0 Å². The van der Waals surface area contributed by atoms with Gasteiger partial charge in [-0.05, 0) is 12.8 Å². The molecule has 0 aromatic carbocycles. The SMILES string of the molecule is O=C(O)C1CCCOO1.[NaH]. The number of carboxylic acid groups (broad SMARTS) is 1. The van der Waals surface area contributed by atoms with Crippen LogP contribution in [0.4, 0.5) is 0 Å². The van der Waals surface area contributed by atoms with E-state index < -0.39 is 12.1 Å². The zero-order valence-corrected chi connectivity index (χ0v) is 4.87. The molecule has 0 aliphatic carbocycles. The molecule has 1 rings (SSSR count). The van der Waals surface area contributed by atoms with Gasteiger partial charge >= 0.3 is 35.5 Å². The number of rotatable bonds is 1. The van der Waals surface area contributed by atoms with E-state index in [2.05, 4.69) is 9.78 Å². The molecule has 0 saturated carbocycles. The molecular weight excluding hydrogens is 147 g/mol. The Morgan fingerprint density at radius 3 is 2.60 bits per heavy atom. The van der Waals surface area contributed by atoms with Crippen LogP contribution in [0.5, 0.6) is 0 Å². The average Bonchev–Trinajstić information content (AvgIpc) is 1.90. The zero-order valence-electron chi connectivity index (χ0n) is 4.87. The Bertz CT molecular complexity index is 110. The van der Waals surface area contributed by atoms with Gasteiger partial charge in [-0.2, -0.15) is 0 Å². The molecular formula is C5H9NaO4. The van der Waals surface area contributed by atoms with E-state index >= 15 is 0 Å². The summed E-state index contributed by atoms with van der Waals surface area (Å²) in [6.45, 7) is 0.504. The van der Waals surface area contributed by atoms with Gasteiger partial charge in [0.25, 0.3) is 0 Å². The molecule has 1 N–H and O–H groups in total. The molecule has 10 heavy (non-hydrogen) atoms. The summed E-state index contributed by atoms with van der Waals surface area (Å²) in [5.41, 5.74) is 0. The minimum absolute atomic E-state index is 0. The van der Waals surface area contributed by atoms with E-state index in [0.717, 1.165) is 6.42 Å². The van der Waals surface area contributed by atoms with Crippen molar-refractivity contribution in [3.05, 3.63) is 0 Å². The summed E-state index contributed by atoms with van der Waals surface area (Å²) in [7, 11) is 0. The van der Waals surface area contributed by atoms with Gasteiger partial charge in [-0.3, -0.25) is 0 Å². The Balaban J connectivity index is 0.000000810. The summed E-state index contributed by atoms with van der Waals surface area (Å²) < 4.78 is 0. The van der Waals surface area contributed by atoms with E-state index in [1.807, 2.05) is 0 Å². The monoisotopic (exact) mass is 156 g/mol. The summed E-state index contributed by atoms with van der Waals surface area (Å²) in [5.74, 6) is -0.949. The molecule has 0 aromatic heterocycles. The molecule has 1 atom stereocenters. The van der Waals surface area contributed by atoms with Crippen molar-refractivity contribution in [3.8, 4) is 0 Å². The molecule has 0 amide bonds. The van der Waals surface area contributed by atoms with Crippen LogP contribution in [0.3, 0.4) is 0 Å². The van der Waals surface area contributed by atoms with Gasteiger partial charge in [0.05, 0.1) is 6.61 Å². The van der Waals surface area contributed by atoms with Crippen LogP contribution in [-0.2, 0) is 14.6 Å². The van der Waals surface area contributed by atoms with Crippen LogP contribution in [0.1, 0.15) is 12.8 Å². The Morgan fingerprint density at radius 1 is 1.60 bits per heavy atom. The van der Waals surface area contributed by atoms with Gasteiger partial charge in [0.2, 0.25) is 0 Å². The van der Waals surface area contributed by atoms with E-state index in [4.69, 9.17) is 5.11 Å². The number of hydrogen-bond donors (Lipinski definition) is 1. The summed E-state index contributed by atoms with van der Waals surface area (Å²) in [5, 5.41) is 8.33. The number of carboxylic acids is 1. The second-order valence-electron chi connectivity index (χ2n) is 1.89. The van der Waals surface area contributed by atoms with Crippen LogP contribution < -0.4 is 0 Å². The fourth-order valence-corrected chi connectivity index (χ4v) is 0.671. The van der Waals surface area contributed by atoms with E-state index in [-0.39, 0.29) is 29.6 Å². The maximum atomic E-state index is 10.1. The number of aliphatic carboxylic acids is 1. The Morgan fingerprint density at radius 2 is 2.30 bits per heavy atom. The van der Waals surface area contributed by atoms with Crippen molar-refractivity contribution in [2.75, 3.05) is 6.61 Å². The van der Waals surface area contributed by atoms with Crippen LogP contribution in [-0.4, -0.2) is 53.3 Å². The molecule has 1 aliphatic heterocycles. The van der Waals surface area contributed by atoms with Crippen LogP contribution in [0.25, 0.3) is 0 Å². The first kappa shape index (κ1) is 10.4. The molecule has 1 aliphatic rings.